The van der Waals surface area contributed by atoms with Crippen LogP contribution in [0.25, 0.3) is 0 Å². The van der Waals surface area contributed by atoms with Crippen LogP contribution in [0.2, 0.25) is 0 Å². The van der Waals surface area contributed by atoms with Gasteiger partial charge in [0.05, 0.1) is 0 Å². The predicted molar refractivity (Wildman–Crippen MR) is 80.3 cm³/mol. The number of hydrogen-bond acceptors (Lipinski definition) is 3. The molecule has 6 nitrogen and oxygen atoms in total. The first-order chi connectivity index (χ1) is 10.1. The normalized spacial score (nSPS) is 17.0. The SMILES string of the molecule is O=C(Nc1ccccc1)NC(CN1CCCCC1)C(=O)O. The number of nitrogens with one attached hydrogen (secondary N) is 2. The number of nitrogens with zero attached hydrogens (tertiary/aromatic N) is 1. The summed E-state index contributed by atoms with van der Waals surface area (Å²) in [5.41, 5.74) is 0.636. The van der Waals surface area contributed by atoms with Crippen LogP contribution in [0.15, 0.2) is 30.3 Å². The van der Waals surface area contributed by atoms with E-state index in [0.717, 1.165) is 25.9 Å². The summed E-state index contributed by atoms with van der Waals surface area (Å²) in [5, 5.41) is 14.4. The summed E-state index contributed by atoms with van der Waals surface area (Å²) in [6.45, 7) is 2.13. The molecular formula is C15H21N3O3. The fourth-order valence-corrected chi connectivity index (χ4v) is 2.43. The summed E-state index contributed by atoms with van der Waals surface area (Å²) in [7, 11) is 0. The minimum absolute atomic E-state index is 0.345. The van der Waals surface area contributed by atoms with Crippen LogP contribution in [0.1, 0.15) is 19.3 Å². The van der Waals surface area contributed by atoms with Crippen LogP contribution in [0.4, 0.5) is 10.5 Å². The quantitative estimate of drug-likeness (QED) is 0.772. The third-order valence-electron chi connectivity index (χ3n) is 3.52. The van der Waals surface area contributed by atoms with Crippen LogP contribution in [-0.2, 0) is 4.79 Å². The molecule has 1 fully saturated rings. The van der Waals surface area contributed by atoms with Crippen molar-refractivity contribution < 1.29 is 14.7 Å². The Labute approximate surface area is 124 Å². The van der Waals surface area contributed by atoms with Crippen LogP contribution in [-0.4, -0.2) is 47.7 Å². The Morgan fingerprint density at radius 1 is 1.14 bits per heavy atom. The van der Waals surface area contributed by atoms with Gasteiger partial charge in [-0.2, -0.15) is 0 Å². The Kier molecular flexibility index (Phi) is 5.57. The van der Waals surface area contributed by atoms with Gasteiger partial charge in [0.25, 0.3) is 0 Å². The molecule has 114 valence electrons. The van der Waals surface area contributed by atoms with Crippen molar-refractivity contribution in [2.24, 2.45) is 0 Å². The number of carboxylic acid groups (broad SMARTS) is 1. The smallest absolute Gasteiger partial charge is 0.327 e. The molecule has 1 saturated heterocycles. The van der Waals surface area contributed by atoms with Crippen LogP contribution >= 0.6 is 0 Å². The maximum Gasteiger partial charge on any atom is 0.327 e. The van der Waals surface area contributed by atoms with E-state index < -0.39 is 18.0 Å². The number of anilines is 1. The highest BCUT2D eigenvalue weighted by Gasteiger charge is 2.23. The lowest BCUT2D eigenvalue weighted by atomic mass is 10.1. The van der Waals surface area contributed by atoms with Gasteiger partial charge in [-0.15, -0.1) is 0 Å². The monoisotopic (exact) mass is 291 g/mol. The molecule has 1 aromatic carbocycles. The lowest BCUT2D eigenvalue weighted by Gasteiger charge is -2.29. The van der Waals surface area contributed by atoms with Crippen molar-refractivity contribution in [2.45, 2.75) is 25.3 Å². The molecule has 3 N–H and O–H groups in total. The van der Waals surface area contributed by atoms with Gasteiger partial charge >= 0.3 is 12.0 Å². The van der Waals surface area contributed by atoms with Crippen molar-refractivity contribution in [3.8, 4) is 0 Å². The zero-order valence-electron chi connectivity index (χ0n) is 11.9. The molecule has 0 saturated carbocycles. The summed E-state index contributed by atoms with van der Waals surface area (Å²) in [6, 6.07) is 7.56. The third-order valence-corrected chi connectivity index (χ3v) is 3.52. The van der Waals surface area contributed by atoms with Crippen LogP contribution in [0, 0.1) is 0 Å². The maximum absolute atomic E-state index is 11.9. The number of rotatable bonds is 5. The van der Waals surface area contributed by atoms with Crippen LogP contribution < -0.4 is 10.6 Å². The number of para-hydroxylation sites is 1. The highest BCUT2D eigenvalue weighted by molar-refractivity contribution is 5.92. The summed E-state index contributed by atoms with van der Waals surface area (Å²) < 4.78 is 0. The molecule has 0 aliphatic carbocycles. The number of hydrogen-bond donors (Lipinski definition) is 3. The Morgan fingerprint density at radius 2 is 1.81 bits per heavy atom. The second-order valence-corrected chi connectivity index (χ2v) is 5.22. The average molecular weight is 291 g/mol. The maximum atomic E-state index is 11.9. The molecule has 1 heterocycles. The molecule has 1 aliphatic rings. The minimum atomic E-state index is -1.01. The van der Waals surface area contributed by atoms with E-state index in [1.807, 2.05) is 6.07 Å². The Bertz CT molecular complexity index is 472. The number of carbonyl (C=O) groups is 2. The topological polar surface area (TPSA) is 81.7 Å². The van der Waals surface area contributed by atoms with Crippen LogP contribution in [0.5, 0.6) is 0 Å². The third kappa shape index (κ3) is 5.07. The molecule has 1 atom stereocenters. The molecule has 0 aromatic heterocycles. The van der Waals surface area contributed by atoms with E-state index in [-0.39, 0.29) is 0 Å². The molecule has 1 unspecified atom stereocenters. The Hall–Kier alpha value is -2.08. The van der Waals surface area contributed by atoms with Crippen molar-refractivity contribution in [3.63, 3.8) is 0 Å². The first-order valence-electron chi connectivity index (χ1n) is 7.23. The van der Waals surface area contributed by atoms with Crippen molar-refractivity contribution in [3.05, 3.63) is 30.3 Å². The number of amides is 2. The molecule has 2 rings (SSSR count). The summed E-state index contributed by atoms with van der Waals surface area (Å²) in [6.07, 6.45) is 3.36. The van der Waals surface area contributed by atoms with Crippen molar-refractivity contribution in [2.75, 3.05) is 25.0 Å². The summed E-state index contributed by atoms with van der Waals surface area (Å²) in [4.78, 5) is 25.2. The molecule has 6 heteroatoms. The number of piperidine rings is 1. The van der Waals surface area contributed by atoms with Gasteiger partial charge in [-0.3, -0.25) is 0 Å². The lowest BCUT2D eigenvalue weighted by molar-refractivity contribution is -0.139. The van der Waals surface area contributed by atoms with Crippen molar-refractivity contribution in [1.82, 2.24) is 10.2 Å². The highest BCUT2D eigenvalue weighted by Crippen LogP contribution is 2.09. The Balaban J connectivity index is 1.86. The van der Waals surface area contributed by atoms with Gasteiger partial charge in [-0.05, 0) is 38.1 Å². The fraction of sp³-hybridized carbons (Fsp3) is 0.467. The molecule has 2 amide bonds. The highest BCUT2D eigenvalue weighted by atomic mass is 16.4. The first kappa shape index (κ1) is 15.3. The van der Waals surface area contributed by atoms with Gasteiger partial charge in [0.15, 0.2) is 0 Å². The summed E-state index contributed by atoms with van der Waals surface area (Å²) >= 11 is 0. The molecule has 21 heavy (non-hydrogen) atoms. The van der Waals surface area contributed by atoms with Crippen molar-refractivity contribution >= 4 is 17.7 Å². The number of carboxylic acids is 1. The Morgan fingerprint density at radius 3 is 2.43 bits per heavy atom. The number of aliphatic carboxylic acids is 1. The van der Waals surface area contributed by atoms with E-state index in [4.69, 9.17) is 0 Å². The van der Waals surface area contributed by atoms with Gasteiger partial charge in [0.1, 0.15) is 6.04 Å². The van der Waals surface area contributed by atoms with E-state index >= 15 is 0 Å². The van der Waals surface area contributed by atoms with E-state index in [1.54, 1.807) is 24.3 Å². The number of benzene rings is 1. The summed E-state index contributed by atoms with van der Waals surface area (Å²) in [5.74, 6) is -1.01. The van der Waals surface area contributed by atoms with Gasteiger partial charge in [0.2, 0.25) is 0 Å². The number of urea groups is 1. The van der Waals surface area contributed by atoms with E-state index in [2.05, 4.69) is 15.5 Å². The molecule has 1 aliphatic heterocycles. The molecule has 1 aromatic rings. The largest absolute Gasteiger partial charge is 0.480 e. The fourth-order valence-electron chi connectivity index (χ4n) is 2.43. The minimum Gasteiger partial charge on any atom is -0.480 e. The van der Waals surface area contributed by atoms with E-state index in [0.29, 0.717) is 12.2 Å². The zero-order chi connectivity index (χ0) is 15.1. The first-order valence-corrected chi connectivity index (χ1v) is 7.23. The van der Waals surface area contributed by atoms with Crippen LogP contribution in [0.3, 0.4) is 0 Å². The average Bonchev–Trinajstić information content (AvgIpc) is 2.48. The van der Waals surface area contributed by atoms with Gasteiger partial charge in [-0.25, -0.2) is 9.59 Å². The molecule has 0 radical (unpaired) electrons. The van der Waals surface area contributed by atoms with Crippen molar-refractivity contribution in [1.29, 1.82) is 0 Å². The molecule has 0 bridgehead atoms. The standard InChI is InChI=1S/C15H21N3O3/c19-14(20)13(11-18-9-5-2-6-10-18)17-15(21)16-12-7-3-1-4-8-12/h1,3-4,7-8,13H,2,5-6,9-11H2,(H,19,20)(H2,16,17,21). The lowest BCUT2D eigenvalue weighted by Crippen LogP contribution is -2.50. The molecular weight excluding hydrogens is 270 g/mol. The van der Waals surface area contributed by atoms with E-state index in [1.165, 1.54) is 6.42 Å². The van der Waals surface area contributed by atoms with E-state index in [9.17, 15) is 14.7 Å². The zero-order valence-corrected chi connectivity index (χ0v) is 11.9. The molecule has 0 spiro atoms. The van der Waals surface area contributed by atoms with Gasteiger partial charge < -0.3 is 20.6 Å². The number of carbonyl (C=O) groups excluding carboxylic acids is 1. The second kappa shape index (κ2) is 7.64. The van der Waals surface area contributed by atoms with Gasteiger partial charge in [0, 0.05) is 12.2 Å². The predicted octanol–water partition coefficient (Wildman–Crippen LogP) is 1.75. The number of likely N-dealkylation sites (tertiary alicyclic amines) is 1. The second-order valence-electron chi connectivity index (χ2n) is 5.22. The van der Waals surface area contributed by atoms with Gasteiger partial charge in [-0.1, -0.05) is 24.6 Å².